The summed E-state index contributed by atoms with van der Waals surface area (Å²) in [6, 6.07) is 0. The molecule has 0 heterocycles. The second-order valence-electron chi connectivity index (χ2n) is 4.19. The second-order valence-corrected chi connectivity index (χ2v) is 4.19. The number of nitrogens with zero attached hydrogens (tertiary/aromatic N) is 1. The summed E-state index contributed by atoms with van der Waals surface area (Å²) in [5.74, 6) is 0. The largest absolute Gasteiger partial charge is 0.382 e. The Morgan fingerprint density at radius 1 is 0.867 bits per heavy atom. The van der Waals surface area contributed by atoms with E-state index in [-0.39, 0.29) is 0 Å². The zero-order valence-corrected chi connectivity index (χ0v) is 10.6. The van der Waals surface area contributed by atoms with Crippen molar-refractivity contribution in [3.05, 3.63) is 0 Å². The third-order valence-corrected chi connectivity index (χ3v) is 2.50. The first-order valence-corrected chi connectivity index (χ1v) is 5.59. The Labute approximate surface area is 93.7 Å². The lowest BCUT2D eigenvalue weighted by atomic mass is 10.4. The minimum absolute atomic E-state index is 0.649. The van der Waals surface area contributed by atoms with Crippen molar-refractivity contribution in [1.29, 1.82) is 0 Å². The Kier molecular flexibility index (Phi) is 9.00. The highest BCUT2D eigenvalue weighted by molar-refractivity contribution is 4.34. The molecule has 0 aliphatic carbocycles. The SMILES string of the molecule is CC[N+](C)(C)CCOCCOCCOC. The first-order chi connectivity index (χ1) is 7.12. The molecule has 15 heavy (non-hydrogen) atoms. The molecule has 0 atom stereocenters. The molecule has 0 aliphatic rings. The lowest BCUT2D eigenvalue weighted by molar-refractivity contribution is -0.888. The van der Waals surface area contributed by atoms with Gasteiger partial charge in [0.05, 0.1) is 53.7 Å². The van der Waals surface area contributed by atoms with E-state index in [9.17, 15) is 0 Å². The van der Waals surface area contributed by atoms with Crippen LogP contribution in [0.25, 0.3) is 0 Å². The Balaban J connectivity index is 3.11. The maximum Gasteiger partial charge on any atom is 0.102 e. The molecule has 4 nitrogen and oxygen atoms in total. The van der Waals surface area contributed by atoms with Crippen LogP contribution in [0.5, 0.6) is 0 Å². The van der Waals surface area contributed by atoms with Gasteiger partial charge in [-0.1, -0.05) is 0 Å². The molecule has 0 saturated carbocycles. The number of quaternary nitrogens is 1. The molecule has 0 rings (SSSR count). The molecular formula is C11H26NO3+. The molecule has 0 bridgehead atoms. The van der Waals surface area contributed by atoms with Gasteiger partial charge in [0.1, 0.15) is 6.54 Å². The average Bonchev–Trinajstić information content (AvgIpc) is 2.22. The van der Waals surface area contributed by atoms with Gasteiger partial charge in [-0.3, -0.25) is 0 Å². The van der Waals surface area contributed by atoms with Gasteiger partial charge in [0.15, 0.2) is 0 Å². The summed E-state index contributed by atoms with van der Waals surface area (Å²) < 4.78 is 16.6. The lowest BCUT2D eigenvalue weighted by Gasteiger charge is -2.27. The van der Waals surface area contributed by atoms with Crippen molar-refractivity contribution in [1.82, 2.24) is 0 Å². The van der Waals surface area contributed by atoms with E-state index in [0.29, 0.717) is 26.4 Å². The van der Waals surface area contributed by atoms with Gasteiger partial charge in [0.25, 0.3) is 0 Å². The summed E-state index contributed by atoms with van der Waals surface area (Å²) in [5, 5.41) is 0. The molecule has 4 heteroatoms. The van der Waals surface area contributed by atoms with Crippen LogP contribution in [0.1, 0.15) is 6.92 Å². The highest BCUT2D eigenvalue weighted by atomic mass is 16.5. The summed E-state index contributed by atoms with van der Waals surface area (Å²) in [4.78, 5) is 0. The molecule has 0 aromatic rings. The van der Waals surface area contributed by atoms with Crippen molar-refractivity contribution in [2.45, 2.75) is 6.92 Å². The molecule has 0 aliphatic heterocycles. The molecular weight excluding hydrogens is 194 g/mol. The first kappa shape index (κ1) is 14.8. The third kappa shape index (κ3) is 10.1. The van der Waals surface area contributed by atoms with Gasteiger partial charge in [-0.05, 0) is 6.92 Å². The molecule has 0 fully saturated rings. The first-order valence-electron chi connectivity index (χ1n) is 5.59. The van der Waals surface area contributed by atoms with Gasteiger partial charge in [-0.15, -0.1) is 0 Å². The van der Waals surface area contributed by atoms with Gasteiger partial charge in [0.2, 0.25) is 0 Å². The van der Waals surface area contributed by atoms with E-state index in [1.807, 2.05) is 0 Å². The Morgan fingerprint density at radius 2 is 1.40 bits per heavy atom. The standard InChI is InChI=1S/C11H26NO3/c1-5-12(2,3)6-7-14-10-11-15-9-8-13-4/h5-11H2,1-4H3/q+1. The third-order valence-electron chi connectivity index (χ3n) is 2.50. The summed E-state index contributed by atoms with van der Waals surface area (Å²) in [6.45, 7) is 7.80. The molecule has 0 amide bonds. The van der Waals surface area contributed by atoms with E-state index < -0.39 is 0 Å². The fourth-order valence-corrected chi connectivity index (χ4v) is 0.934. The lowest BCUT2D eigenvalue weighted by Crippen LogP contribution is -2.42. The summed E-state index contributed by atoms with van der Waals surface area (Å²) in [7, 11) is 6.08. The maximum absolute atomic E-state index is 5.47. The van der Waals surface area contributed by atoms with Crippen molar-refractivity contribution >= 4 is 0 Å². The van der Waals surface area contributed by atoms with Crippen molar-refractivity contribution in [2.75, 3.05) is 67.3 Å². The zero-order valence-electron chi connectivity index (χ0n) is 10.6. The fourth-order valence-electron chi connectivity index (χ4n) is 0.934. The molecule has 0 aromatic heterocycles. The zero-order chi connectivity index (χ0) is 11.6. The topological polar surface area (TPSA) is 27.7 Å². The van der Waals surface area contributed by atoms with Crippen molar-refractivity contribution in [3.63, 3.8) is 0 Å². The van der Waals surface area contributed by atoms with Crippen LogP contribution in [0, 0.1) is 0 Å². The van der Waals surface area contributed by atoms with Crippen LogP contribution < -0.4 is 0 Å². The Bertz CT molecular complexity index is 140. The quantitative estimate of drug-likeness (QED) is 0.402. The van der Waals surface area contributed by atoms with Crippen LogP contribution in [0.4, 0.5) is 0 Å². The highest BCUT2D eigenvalue weighted by Gasteiger charge is 2.10. The normalized spacial score (nSPS) is 12.0. The van der Waals surface area contributed by atoms with Crippen LogP contribution >= 0.6 is 0 Å². The van der Waals surface area contributed by atoms with Crippen molar-refractivity contribution in [3.8, 4) is 0 Å². The van der Waals surface area contributed by atoms with Gasteiger partial charge >= 0.3 is 0 Å². The molecule has 92 valence electrons. The molecule has 0 aromatic carbocycles. The number of hydrogen-bond donors (Lipinski definition) is 0. The second kappa shape index (κ2) is 9.09. The van der Waals surface area contributed by atoms with Crippen molar-refractivity contribution in [2.24, 2.45) is 0 Å². The molecule has 0 N–H and O–H groups in total. The van der Waals surface area contributed by atoms with Crippen LogP contribution in [-0.2, 0) is 14.2 Å². The van der Waals surface area contributed by atoms with E-state index in [0.717, 1.165) is 24.2 Å². The van der Waals surface area contributed by atoms with Gasteiger partial charge in [-0.2, -0.15) is 0 Å². The van der Waals surface area contributed by atoms with Crippen molar-refractivity contribution < 1.29 is 18.7 Å². The summed E-state index contributed by atoms with van der Waals surface area (Å²) >= 11 is 0. The van der Waals surface area contributed by atoms with E-state index in [2.05, 4.69) is 21.0 Å². The van der Waals surface area contributed by atoms with Gasteiger partial charge in [0, 0.05) is 7.11 Å². The predicted molar refractivity (Wildman–Crippen MR) is 61.0 cm³/mol. The molecule has 0 unspecified atom stereocenters. The minimum Gasteiger partial charge on any atom is -0.382 e. The molecule has 0 radical (unpaired) electrons. The van der Waals surface area contributed by atoms with Gasteiger partial charge in [-0.25, -0.2) is 0 Å². The summed E-state index contributed by atoms with van der Waals surface area (Å²) in [5.41, 5.74) is 0. The highest BCUT2D eigenvalue weighted by Crippen LogP contribution is 1.94. The fraction of sp³-hybridized carbons (Fsp3) is 1.00. The van der Waals surface area contributed by atoms with Crippen LogP contribution in [0.3, 0.4) is 0 Å². The number of methoxy groups -OCH3 is 1. The average molecular weight is 220 g/mol. The van der Waals surface area contributed by atoms with E-state index in [4.69, 9.17) is 14.2 Å². The molecule has 0 saturated heterocycles. The monoisotopic (exact) mass is 220 g/mol. The van der Waals surface area contributed by atoms with Crippen LogP contribution in [-0.4, -0.2) is 71.8 Å². The predicted octanol–water partition coefficient (Wildman–Crippen LogP) is 0.762. The van der Waals surface area contributed by atoms with Gasteiger partial charge < -0.3 is 18.7 Å². The molecule has 0 spiro atoms. The van der Waals surface area contributed by atoms with Crippen LogP contribution in [0.15, 0.2) is 0 Å². The van der Waals surface area contributed by atoms with E-state index in [1.54, 1.807) is 7.11 Å². The number of likely N-dealkylation sites (N-methyl/N-ethyl adjacent to an activating group) is 1. The van der Waals surface area contributed by atoms with E-state index in [1.165, 1.54) is 0 Å². The number of rotatable bonds is 10. The number of hydrogen-bond acceptors (Lipinski definition) is 3. The van der Waals surface area contributed by atoms with Crippen LogP contribution in [0.2, 0.25) is 0 Å². The Morgan fingerprint density at radius 3 is 1.93 bits per heavy atom. The van der Waals surface area contributed by atoms with E-state index >= 15 is 0 Å². The minimum atomic E-state index is 0.649. The smallest absolute Gasteiger partial charge is 0.102 e. The summed E-state index contributed by atoms with van der Waals surface area (Å²) in [6.07, 6.45) is 0. The Hall–Kier alpha value is -0.160. The number of ether oxygens (including phenoxy) is 3. The maximum atomic E-state index is 5.47.